The smallest absolute Gasteiger partial charge is 0.266 e. The van der Waals surface area contributed by atoms with Gasteiger partial charge in [-0.15, -0.1) is 11.3 Å². The zero-order valence-electron chi connectivity index (χ0n) is 15.5. The van der Waals surface area contributed by atoms with Gasteiger partial charge in [0.2, 0.25) is 11.7 Å². The van der Waals surface area contributed by atoms with E-state index in [1.807, 2.05) is 0 Å². The molecule has 11 heteroatoms. The van der Waals surface area contributed by atoms with Gasteiger partial charge in [0, 0.05) is 24.5 Å². The van der Waals surface area contributed by atoms with Crippen molar-refractivity contribution in [2.45, 2.75) is 6.42 Å². The summed E-state index contributed by atoms with van der Waals surface area (Å²) in [5.74, 6) is -0.195. The van der Waals surface area contributed by atoms with Crippen molar-refractivity contribution >= 4 is 62.7 Å². The number of benzene rings is 1. The van der Waals surface area contributed by atoms with Gasteiger partial charge >= 0.3 is 0 Å². The number of carbonyl (C=O) groups excluding carboxylic acids is 2. The van der Waals surface area contributed by atoms with E-state index >= 15 is 0 Å². The fourth-order valence-electron chi connectivity index (χ4n) is 2.52. The zero-order valence-corrected chi connectivity index (χ0v) is 17.9. The van der Waals surface area contributed by atoms with Crippen LogP contribution in [-0.4, -0.2) is 51.9 Å². The minimum Gasteiger partial charge on any atom is -0.502 e. The number of rotatable bonds is 7. The van der Waals surface area contributed by atoms with Crippen LogP contribution < -0.4 is 14.8 Å². The Balaban J connectivity index is 1.70. The third kappa shape index (κ3) is 4.86. The number of hydrogen-bond donors (Lipinski definition) is 2. The van der Waals surface area contributed by atoms with Crippen LogP contribution in [0.25, 0.3) is 6.08 Å². The fourth-order valence-corrected chi connectivity index (χ4v) is 4.38. The number of thioether (sulfide) groups is 1. The van der Waals surface area contributed by atoms with Crippen molar-refractivity contribution in [3.05, 3.63) is 34.2 Å². The van der Waals surface area contributed by atoms with E-state index in [0.29, 0.717) is 19.9 Å². The molecule has 1 aliphatic heterocycles. The highest BCUT2D eigenvalue weighted by atomic mass is 32.2. The molecule has 0 radical (unpaired) electrons. The second kappa shape index (κ2) is 9.25. The molecule has 2 heterocycles. The molecule has 1 saturated heterocycles. The van der Waals surface area contributed by atoms with Crippen LogP contribution in [-0.2, 0) is 9.59 Å². The van der Waals surface area contributed by atoms with Crippen molar-refractivity contribution in [3.63, 3.8) is 0 Å². The van der Waals surface area contributed by atoms with Crippen molar-refractivity contribution in [2.75, 3.05) is 26.1 Å². The van der Waals surface area contributed by atoms with Gasteiger partial charge in [0.15, 0.2) is 16.6 Å². The van der Waals surface area contributed by atoms with E-state index in [4.69, 9.17) is 21.7 Å². The number of phenolic OH excluding ortho intramolecular Hbond substituents is 1. The lowest BCUT2D eigenvalue weighted by Gasteiger charge is -2.13. The molecule has 2 amide bonds. The van der Waals surface area contributed by atoms with Crippen molar-refractivity contribution < 1.29 is 24.2 Å². The number of nitrogens with zero attached hydrogens (tertiary/aromatic N) is 2. The highest BCUT2D eigenvalue weighted by Gasteiger charge is 2.32. The monoisotopic (exact) mass is 451 g/mol. The predicted octanol–water partition coefficient (Wildman–Crippen LogP) is 3.10. The Morgan fingerprint density at radius 1 is 1.34 bits per heavy atom. The molecular formula is C18H17N3O5S3. The molecule has 29 heavy (non-hydrogen) atoms. The Hall–Kier alpha value is -2.63. The van der Waals surface area contributed by atoms with Gasteiger partial charge in [0.1, 0.15) is 4.32 Å². The average Bonchev–Trinajstić information content (AvgIpc) is 3.29. The molecule has 1 aromatic heterocycles. The number of methoxy groups -OCH3 is 2. The number of ether oxygens (including phenoxy) is 2. The molecule has 0 aliphatic carbocycles. The van der Waals surface area contributed by atoms with Crippen LogP contribution in [0.4, 0.5) is 5.13 Å². The third-order valence-corrected chi connectivity index (χ3v) is 5.98. The summed E-state index contributed by atoms with van der Waals surface area (Å²) in [5.41, 5.74) is 0.610. The first-order valence-corrected chi connectivity index (χ1v) is 10.4. The lowest BCUT2D eigenvalue weighted by molar-refractivity contribution is -0.122. The van der Waals surface area contributed by atoms with Crippen LogP contribution in [0.5, 0.6) is 17.2 Å². The lowest BCUT2D eigenvalue weighted by atomic mass is 10.1. The molecule has 0 bridgehead atoms. The fraction of sp³-hybridized carbons (Fsp3) is 0.222. The lowest BCUT2D eigenvalue weighted by Crippen LogP contribution is -2.31. The Morgan fingerprint density at radius 3 is 2.62 bits per heavy atom. The van der Waals surface area contributed by atoms with Crippen LogP contribution in [0.3, 0.4) is 0 Å². The molecule has 0 atom stereocenters. The van der Waals surface area contributed by atoms with E-state index in [9.17, 15) is 14.7 Å². The first-order valence-electron chi connectivity index (χ1n) is 8.32. The summed E-state index contributed by atoms with van der Waals surface area (Å²) in [6.07, 6.45) is 3.33. The number of anilines is 1. The SMILES string of the molecule is COc1cc(/C=C2\SC(=S)N(CCC(=O)Nc3nccs3)C2=O)cc(OC)c1O. The number of hydrogen-bond acceptors (Lipinski definition) is 9. The Bertz CT molecular complexity index is 950. The van der Waals surface area contributed by atoms with Crippen LogP contribution >= 0.6 is 35.3 Å². The molecule has 0 saturated carbocycles. The second-order valence-corrected chi connectivity index (χ2v) is 8.31. The van der Waals surface area contributed by atoms with E-state index in [-0.39, 0.29) is 42.0 Å². The van der Waals surface area contributed by atoms with Crippen LogP contribution in [0.1, 0.15) is 12.0 Å². The molecule has 1 aromatic carbocycles. The van der Waals surface area contributed by atoms with Crippen LogP contribution in [0, 0.1) is 0 Å². The maximum atomic E-state index is 12.7. The maximum Gasteiger partial charge on any atom is 0.266 e. The molecule has 2 aromatic rings. The summed E-state index contributed by atoms with van der Waals surface area (Å²) in [6, 6.07) is 3.18. The number of aromatic nitrogens is 1. The van der Waals surface area contributed by atoms with E-state index in [1.165, 1.54) is 30.5 Å². The van der Waals surface area contributed by atoms with Gasteiger partial charge in [0.05, 0.1) is 19.1 Å². The summed E-state index contributed by atoms with van der Waals surface area (Å²) < 4.78 is 10.6. The Labute approximate surface area is 180 Å². The number of thiazole rings is 1. The van der Waals surface area contributed by atoms with Crippen molar-refractivity contribution in [1.82, 2.24) is 9.88 Å². The van der Waals surface area contributed by atoms with Gasteiger partial charge in [0.25, 0.3) is 5.91 Å². The largest absolute Gasteiger partial charge is 0.502 e. The molecule has 0 unspecified atom stereocenters. The third-order valence-electron chi connectivity index (χ3n) is 3.91. The summed E-state index contributed by atoms with van der Waals surface area (Å²) in [6.45, 7) is 0.168. The first-order chi connectivity index (χ1) is 13.9. The number of aromatic hydroxyl groups is 1. The van der Waals surface area contributed by atoms with Crippen LogP contribution in [0.2, 0.25) is 0 Å². The van der Waals surface area contributed by atoms with Gasteiger partial charge in [-0.05, 0) is 23.8 Å². The van der Waals surface area contributed by atoms with Gasteiger partial charge in [-0.25, -0.2) is 4.98 Å². The minimum absolute atomic E-state index is 0.0974. The topological polar surface area (TPSA) is 101 Å². The summed E-state index contributed by atoms with van der Waals surface area (Å²) in [4.78, 5) is 30.5. The molecule has 2 N–H and O–H groups in total. The van der Waals surface area contributed by atoms with Gasteiger partial charge in [-0.3, -0.25) is 14.5 Å². The highest BCUT2D eigenvalue weighted by molar-refractivity contribution is 8.26. The number of thiocarbonyl (C=S) groups is 1. The van der Waals surface area contributed by atoms with Crippen molar-refractivity contribution in [3.8, 4) is 17.2 Å². The Kier molecular flexibility index (Phi) is 6.72. The minimum atomic E-state index is -0.284. The zero-order chi connectivity index (χ0) is 21.0. The number of carbonyl (C=O) groups is 2. The van der Waals surface area contributed by atoms with Crippen LogP contribution in [0.15, 0.2) is 28.6 Å². The molecule has 8 nitrogen and oxygen atoms in total. The standard InChI is InChI=1S/C18H17N3O5S3/c1-25-11-7-10(8-12(26-2)15(11)23)9-13-16(24)21(18(27)29-13)5-3-14(22)20-17-19-4-6-28-17/h4,6-9,23H,3,5H2,1-2H3,(H,19,20,22)/b13-9-. The number of phenols is 1. The Morgan fingerprint density at radius 2 is 2.03 bits per heavy atom. The van der Waals surface area contributed by atoms with Crippen molar-refractivity contribution in [2.24, 2.45) is 0 Å². The number of amides is 2. The summed E-state index contributed by atoms with van der Waals surface area (Å²) >= 11 is 7.76. The second-order valence-electron chi connectivity index (χ2n) is 5.74. The summed E-state index contributed by atoms with van der Waals surface area (Å²) in [5, 5.41) is 15.0. The molecule has 0 spiro atoms. The van der Waals surface area contributed by atoms with Gasteiger partial charge in [-0.2, -0.15) is 0 Å². The number of nitrogens with one attached hydrogen (secondary N) is 1. The van der Waals surface area contributed by atoms with E-state index in [2.05, 4.69) is 10.3 Å². The predicted molar refractivity (Wildman–Crippen MR) is 116 cm³/mol. The summed E-state index contributed by atoms with van der Waals surface area (Å²) in [7, 11) is 2.85. The molecular weight excluding hydrogens is 434 g/mol. The average molecular weight is 452 g/mol. The maximum absolute atomic E-state index is 12.7. The quantitative estimate of drug-likeness (QED) is 0.489. The van der Waals surface area contributed by atoms with E-state index in [1.54, 1.807) is 29.8 Å². The molecule has 1 fully saturated rings. The molecule has 3 rings (SSSR count). The van der Waals surface area contributed by atoms with E-state index < -0.39 is 0 Å². The normalized spacial score (nSPS) is 15.1. The molecule has 152 valence electrons. The van der Waals surface area contributed by atoms with E-state index in [0.717, 1.165) is 11.8 Å². The van der Waals surface area contributed by atoms with Gasteiger partial charge in [-0.1, -0.05) is 24.0 Å². The van der Waals surface area contributed by atoms with Gasteiger partial charge < -0.3 is 19.9 Å². The van der Waals surface area contributed by atoms with Crippen molar-refractivity contribution in [1.29, 1.82) is 0 Å². The first kappa shape index (κ1) is 21.1. The highest BCUT2D eigenvalue weighted by Crippen LogP contribution is 2.39. The molecule has 1 aliphatic rings.